The van der Waals surface area contributed by atoms with Crippen LogP contribution in [-0.2, 0) is 37.6 Å². The number of aromatic nitrogens is 4. The van der Waals surface area contributed by atoms with Gasteiger partial charge >= 0.3 is 0 Å². The molecular formula is C16H23N5O2. The Morgan fingerprint density at radius 3 is 3.04 bits per heavy atom. The number of carbonyl (C=O) groups is 1. The van der Waals surface area contributed by atoms with Crippen molar-refractivity contribution in [2.24, 2.45) is 7.05 Å². The summed E-state index contributed by atoms with van der Waals surface area (Å²) in [5.41, 5.74) is 3.17. The molecule has 2 aromatic rings. The van der Waals surface area contributed by atoms with Crippen LogP contribution in [0.25, 0.3) is 0 Å². The first kappa shape index (κ1) is 15.7. The Morgan fingerprint density at radius 2 is 2.35 bits per heavy atom. The van der Waals surface area contributed by atoms with Crippen molar-refractivity contribution in [3.8, 4) is 0 Å². The van der Waals surface area contributed by atoms with E-state index >= 15 is 0 Å². The monoisotopic (exact) mass is 317 g/mol. The van der Waals surface area contributed by atoms with Crippen molar-refractivity contribution < 1.29 is 9.90 Å². The standard InChI is InChI=1S/C16H23N5O2/c1-11-18-14-8-13(3-4-15(14)21(11)5-6-22)19-16(23)7-12-9-17-20(2)10-12/h9-10,13,22H,3-8H2,1-2H3,(H,19,23). The van der Waals surface area contributed by atoms with Gasteiger partial charge in [0, 0.05) is 37.9 Å². The number of fused-ring (bicyclic) bond motifs is 1. The van der Waals surface area contributed by atoms with Gasteiger partial charge in [0.2, 0.25) is 5.91 Å². The van der Waals surface area contributed by atoms with Crippen molar-refractivity contribution in [1.82, 2.24) is 24.6 Å². The average molecular weight is 317 g/mol. The maximum absolute atomic E-state index is 12.2. The van der Waals surface area contributed by atoms with Crippen molar-refractivity contribution in [2.45, 2.75) is 45.2 Å². The van der Waals surface area contributed by atoms with Gasteiger partial charge in [-0.25, -0.2) is 4.98 Å². The normalized spacial score (nSPS) is 17.1. The minimum atomic E-state index is 0.0259. The molecule has 1 unspecified atom stereocenters. The number of aliphatic hydroxyl groups excluding tert-OH is 1. The van der Waals surface area contributed by atoms with E-state index in [-0.39, 0.29) is 18.6 Å². The lowest BCUT2D eigenvalue weighted by molar-refractivity contribution is -0.121. The molecule has 0 aromatic carbocycles. The Labute approximate surface area is 135 Å². The van der Waals surface area contributed by atoms with E-state index in [2.05, 4.69) is 20.0 Å². The van der Waals surface area contributed by atoms with Crippen molar-refractivity contribution in [1.29, 1.82) is 0 Å². The van der Waals surface area contributed by atoms with Gasteiger partial charge in [-0.15, -0.1) is 0 Å². The third kappa shape index (κ3) is 3.44. The van der Waals surface area contributed by atoms with Crippen LogP contribution >= 0.6 is 0 Å². The number of hydrogen-bond acceptors (Lipinski definition) is 4. The smallest absolute Gasteiger partial charge is 0.224 e. The topological polar surface area (TPSA) is 85.0 Å². The molecule has 0 saturated heterocycles. The lowest BCUT2D eigenvalue weighted by atomic mass is 9.95. The third-order valence-corrected chi connectivity index (χ3v) is 4.33. The van der Waals surface area contributed by atoms with Crippen molar-refractivity contribution in [3.05, 3.63) is 35.2 Å². The van der Waals surface area contributed by atoms with Crippen molar-refractivity contribution in [2.75, 3.05) is 6.61 Å². The van der Waals surface area contributed by atoms with Crippen molar-refractivity contribution in [3.63, 3.8) is 0 Å². The third-order valence-electron chi connectivity index (χ3n) is 4.33. The molecule has 1 atom stereocenters. The fourth-order valence-corrected chi connectivity index (χ4v) is 3.31. The number of aliphatic hydroxyl groups is 1. The first-order valence-electron chi connectivity index (χ1n) is 7.99. The second-order valence-electron chi connectivity index (χ2n) is 6.13. The summed E-state index contributed by atoms with van der Waals surface area (Å²) in [5.74, 6) is 0.962. The molecular weight excluding hydrogens is 294 g/mol. The van der Waals surface area contributed by atoms with Gasteiger partial charge in [0.25, 0.3) is 0 Å². The van der Waals surface area contributed by atoms with Crippen LogP contribution in [0.4, 0.5) is 0 Å². The number of nitrogens with zero attached hydrogens (tertiary/aromatic N) is 4. The van der Waals surface area contributed by atoms with E-state index in [1.165, 1.54) is 5.69 Å². The van der Waals surface area contributed by atoms with E-state index in [1.807, 2.05) is 20.2 Å². The molecule has 0 saturated carbocycles. The van der Waals surface area contributed by atoms with Crippen LogP contribution < -0.4 is 5.32 Å². The van der Waals surface area contributed by atoms with E-state index < -0.39 is 0 Å². The van der Waals surface area contributed by atoms with E-state index in [9.17, 15) is 4.79 Å². The number of hydrogen-bond donors (Lipinski definition) is 2. The first-order valence-corrected chi connectivity index (χ1v) is 7.99. The van der Waals surface area contributed by atoms with Gasteiger partial charge in [-0.05, 0) is 25.3 Å². The number of imidazole rings is 1. The summed E-state index contributed by atoms with van der Waals surface area (Å²) in [5, 5.41) is 16.3. The van der Waals surface area contributed by atoms with Crippen LogP contribution in [0.15, 0.2) is 12.4 Å². The summed E-state index contributed by atoms with van der Waals surface area (Å²) >= 11 is 0. The fraction of sp³-hybridized carbons (Fsp3) is 0.562. The molecule has 0 spiro atoms. The minimum Gasteiger partial charge on any atom is -0.395 e. The fourth-order valence-electron chi connectivity index (χ4n) is 3.31. The Balaban J connectivity index is 1.61. The lowest BCUT2D eigenvalue weighted by Gasteiger charge is -2.23. The molecule has 0 bridgehead atoms. The first-order chi connectivity index (χ1) is 11.1. The van der Waals surface area contributed by atoms with Gasteiger partial charge in [0.1, 0.15) is 5.82 Å². The molecule has 1 aliphatic carbocycles. The van der Waals surface area contributed by atoms with Crippen LogP contribution in [-0.4, -0.2) is 43.0 Å². The SMILES string of the molecule is Cc1nc2c(n1CCO)CCC(NC(=O)Cc1cnn(C)c1)C2. The predicted octanol–water partition coefficient (Wildman–Crippen LogP) is 0.134. The van der Waals surface area contributed by atoms with Gasteiger partial charge in [0.15, 0.2) is 0 Å². The molecule has 2 heterocycles. The van der Waals surface area contributed by atoms with E-state index in [0.717, 1.165) is 36.3 Å². The zero-order chi connectivity index (χ0) is 16.4. The maximum atomic E-state index is 12.2. The molecule has 0 radical (unpaired) electrons. The molecule has 0 fully saturated rings. The van der Waals surface area contributed by atoms with E-state index in [0.29, 0.717) is 13.0 Å². The molecule has 2 aromatic heterocycles. The number of nitrogens with one attached hydrogen (secondary N) is 1. The summed E-state index contributed by atoms with van der Waals surface area (Å²) in [4.78, 5) is 16.8. The highest BCUT2D eigenvalue weighted by atomic mass is 16.3. The number of amides is 1. The van der Waals surface area contributed by atoms with Crippen LogP contribution in [0.5, 0.6) is 0 Å². The van der Waals surface area contributed by atoms with Gasteiger partial charge in [-0.2, -0.15) is 5.10 Å². The summed E-state index contributed by atoms with van der Waals surface area (Å²) in [6.07, 6.45) is 6.48. The molecule has 23 heavy (non-hydrogen) atoms. The summed E-state index contributed by atoms with van der Waals surface area (Å²) in [6.45, 7) is 2.67. The second kappa shape index (κ2) is 6.54. The maximum Gasteiger partial charge on any atom is 0.224 e. The Bertz CT molecular complexity index is 703. The number of carbonyl (C=O) groups excluding carboxylic acids is 1. The van der Waals surface area contributed by atoms with Crippen molar-refractivity contribution >= 4 is 5.91 Å². The highest BCUT2D eigenvalue weighted by molar-refractivity contribution is 5.78. The molecule has 2 N–H and O–H groups in total. The second-order valence-corrected chi connectivity index (χ2v) is 6.13. The summed E-state index contributed by atoms with van der Waals surface area (Å²) < 4.78 is 3.79. The van der Waals surface area contributed by atoms with Crippen LogP contribution in [0.2, 0.25) is 0 Å². The zero-order valence-electron chi connectivity index (χ0n) is 13.6. The Morgan fingerprint density at radius 1 is 1.52 bits per heavy atom. The van der Waals surface area contributed by atoms with Crippen LogP contribution in [0.3, 0.4) is 0 Å². The molecule has 3 rings (SSSR count). The molecule has 0 aliphatic heterocycles. The molecule has 1 aliphatic rings. The van der Waals surface area contributed by atoms with Gasteiger partial charge in [0.05, 0.1) is 24.9 Å². The molecule has 124 valence electrons. The highest BCUT2D eigenvalue weighted by Gasteiger charge is 2.25. The molecule has 7 nitrogen and oxygen atoms in total. The highest BCUT2D eigenvalue weighted by Crippen LogP contribution is 2.22. The minimum absolute atomic E-state index is 0.0259. The van der Waals surface area contributed by atoms with Gasteiger partial charge in [-0.1, -0.05) is 0 Å². The van der Waals surface area contributed by atoms with E-state index in [4.69, 9.17) is 5.11 Å². The van der Waals surface area contributed by atoms with Gasteiger partial charge < -0.3 is 15.0 Å². The molecule has 1 amide bonds. The number of aryl methyl sites for hydroxylation is 2. The van der Waals surface area contributed by atoms with Crippen LogP contribution in [0.1, 0.15) is 29.2 Å². The molecule has 7 heteroatoms. The lowest BCUT2D eigenvalue weighted by Crippen LogP contribution is -2.39. The Hall–Kier alpha value is -2.15. The summed E-state index contributed by atoms with van der Waals surface area (Å²) in [7, 11) is 1.84. The quantitative estimate of drug-likeness (QED) is 0.821. The Kier molecular flexibility index (Phi) is 4.47. The van der Waals surface area contributed by atoms with Gasteiger partial charge in [-0.3, -0.25) is 9.48 Å². The predicted molar refractivity (Wildman–Crippen MR) is 84.9 cm³/mol. The summed E-state index contributed by atoms with van der Waals surface area (Å²) in [6, 6.07) is 0.128. The number of rotatable bonds is 5. The average Bonchev–Trinajstić information content (AvgIpc) is 3.03. The zero-order valence-corrected chi connectivity index (χ0v) is 13.6. The van der Waals surface area contributed by atoms with E-state index in [1.54, 1.807) is 10.9 Å². The van der Waals surface area contributed by atoms with Crippen LogP contribution in [0, 0.1) is 6.92 Å². The largest absolute Gasteiger partial charge is 0.395 e.